The highest BCUT2D eigenvalue weighted by Crippen LogP contribution is 2.23. The Kier molecular flexibility index (Phi) is 12.3. The molecule has 5 nitrogen and oxygen atoms in total. The molecule has 0 fully saturated rings. The SMILES string of the molecule is O=C(O)C(F)(F)F.O=C(O)c1cccc(-c2cccc(CN(CCCc3ccccc3)CCCc3ccccc3)c2)c1. The predicted octanol–water partition coefficient (Wildman–Crippen LogP) is 7.75. The number of hydrogen-bond acceptors (Lipinski definition) is 3. The van der Waals surface area contributed by atoms with E-state index in [1.165, 1.54) is 16.7 Å². The molecule has 0 saturated heterocycles. The standard InChI is InChI=1S/C32H33NO2.C2HF3O2/c34-32(35)31-20-8-19-30(24-31)29-18-7-15-28(23-29)25-33(21-9-16-26-11-3-1-4-12-26)22-10-17-27-13-5-2-6-14-27;3-2(4,5)1(6)7/h1-8,11-15,18-20,23-24H,9-10,16-17,21-22,25H2,(H,34,35);(H,6,7). The Morgan fingerprint density at radius 3 is 1.55 bits per heavy atom. The third kappa shape index (κ3) is 11.2. The van der Waals surface area contributed by atoms with Gasteiger partial charge in [0.05, 0.1) is 5.56 Å². The van der Waals surface area contributed by atoms with Crippen LogP contribution in [0.1, 0.15) is 39.9 Å². The maximum absolute atomic E-state index is 11.4. The van der Waals surface area contributed by atoms with E-state index in [9.17, 15) is 23.1 Å². The van der Waals surface area contributed by atoms with Crippen LogP contribution in [-0.4, -0.2) is 46.3 Å². The molecule has 4 aromatic carbocycles. The van der Waals surface area contributed by atoms with Gasteiger partial charge in [-0.1, -0.05) is 91.0 Å². The van der Waals surface area contributed by atoms with Crippen LogP contribution in [0.3, 0.4) is 0 Å². The number of benzene rings is 4. The summed E-state index contributed by atoms with van der Waals surface area (Å²) >= 11 is 0. The van der Waals surface area contributed by atoms with Crippen LogP contribution in [-0.2, 0) is 24.2 Å². The molecule has 220 valence electrons. The van der Waals surface area contributed by atoms with Crippen LogP contribution < -0.4 is 0 Å². The molecule has 0 aromatic heterocycles. The molecule has 2 N–H and O–H groups in total. The number of carboxylic acid groups (broad SMARTS) is 2. The Morgan fingerprint density at radius 1 is 0.619 bits per heavy atom. The van der Waals surface area contributed by atoms with E-state index in [1.807, 2.05) is 12.1 Å². The van der Waals surface area contributed by atoms with Crippen molar-refractivity contribution in [2.24, 2.45) is 0 Å². The van der Waals surface area contributed by atoms with Crippen molar-refractivity contribution in [3.05, 3.63) is 131 Å². The zero-order valence-corrected chi connectivity index (χ0v) is 23.1. The lowest BCUT2D eigenvalue weighted by Gasteiger charge is -2.23. The van der Waals surface area contributed by atoms with Crippen LogP contribution in [0.5, 0.6) is 0 Å². The number of aryl methyl sites for hydroxylation is 2. The first kappa shape index (κ1) is 32.1. The number of carboxylic acids is 2. The summed E-state index contributed by atoms with van der Waals surface area (Å²) in [5.41, 5.74) is 6.33. The molecule has 0 radical (unpaired) electrons. The van der Waals surface area contributed by atoms with Crippen LogP contribution in [0.4, 0.5) is 13.2 Å². The monoisotopic (exact) mass is 577 g/mol. The second kappa shape index (κ2) is 16.1. The molecular weight excluding hydrogens is 543 g/mol. The smallest absolute Gasteiger partial charge is 0.478 e. The summed E-state index contributed by atoms with van der Waals surface area (Å²) in [7, 11) is 0. The molecule has 0 unspecified atom stereocenters. The minimum Gasteiger partial charge on any atom is -0.478 e. The molecule has 0 spiro atoms. The summed E-state index contributed by atoms with van der Waals surface area (Å²) in [5.74, 6) is -3.65. The first-order chi connectivity index (χ1) is 20.1. The van der Waals surface area contributed by atoms with Gasteiger partial charge in [-0.2, -0.15) is 13.2 Å². The van der Waals surface area contributed by atoms with Crippen LogP contribution in [0.15, 0.2) is 109 Å². The van der Waals surface area contributed by atoms with E-state index in [2.05, 4.69) is 89.8 Å². The molecule has 8 heteroatoms. The Labute approximate surface area is 243 Å². The van der Waals surface area contributed by atoms with Gasteiger partial charge in [0.1, 0.15) is 0 Å². The number of aliphatic carboxylic acids is 1. The molecule has 0 aliphatic rings. The van der Waals surface area contributed by atoms with Gasteiger partial charge in [-0.3, -0.25) is 4.90 Å². The first-order valence-electron chi connectivity index (χ1n) is 13.6. The summed E-state index contributed by atoms with van der Waals surface area (Å²) in [4.78, 5) is 22.8. The Bertz CT molecular complexity index is 1360. The summed E-state index contributed by atoms with van der Waals surface area (Å²) in [5, 5.41) is 16.5. The molecule has 42 heavy (non-hydrogen) atoms. The molecule has 0 amide bonds. The third-order valence-electron chi connectivity index (χ3n) is 6.58. The predicted molar refractivity (Wildman–Crippen MR) is 157 cm³/mol. The average molecular weight is 578 g/mol. The number of rotatable bonds is 12. The maximum atomic E-state index is 11.4. The normalized spacial score (nSPS) is 11.0. The number of aromatic carboxylic acids is 1. The van der Waals surface area contributed by atoms with Gasteiger partial charge in [-0.25, -0.2) is 9.59 Å². The van der Waals surface area contributed by atoms with Crippen LogP contribution in [0, 0.1) is 0 Å². The first-order valence-corrected chi connectivity index (χ1v) is 13.6. The summed E-state index contributed by atoms with van der Waals surface area (Å²) in [6.45, 7) is 2.97. The van der Waals surface area contributed by atoms with Gasteiger partial charge < -0.3 is 10.2 Å². The second-order valence-electron chi connectivity index (χ2n) is 9.84. The van der Waals surface area contributed by atoms with Crippen molar-refractivity contribution in [3.63, 3.8) is 0 Å². The van der Waals surface area contributed by atoms with Crippen molar-refractivity contribution < 1.29 is 33.0 Å². The summed E-state index contributed by atoms with van der Waals surface area (Å²) < 4.78 is 31.7. The van der Waals surface area contributed by atoms with E-state index >= 15 is 0 Å². The van der Waals surface area contributed by atoms with E-state index in [0.29, 0.717) is 5.56 Å². The van der Waals surface area contributed by atoms with E-state index < -0.39 is 18.1 Å². The van der Waals surface area contributed by atoms with Crippen molar-refractivity contribution in [3.8, 4) is 11.1 Å². The van der Waals surface area contributed by atoms with Gasteiger partial charge in [-0.05, 0) is 84.8 Å². The van der Waals surface area contributed by atoms with Gasteiger partial charge in [0.2, 0.25) is 0 Å². The van der Waals surface area contributed by atoms with Crippen molar-refractivity contribution in [1.82, 2.24) is 4.90 Å². The van der Waals surface area contributed by atoms with Crippen molar-refractivity contribution in [1.29, 1.82) is 0 Å². The maximum Gasteiger partial charge on any atom is 0.490 e. The lowest BCUT2D eigenvalue weighted by atomic mass is 10.0. The zero-order valence-electron chi connectivity index (χ0n) is 23.1. The second-order valence-corrected chi connectivity index (χ2v) is 9.84. The van der Waals surface area contributed by atoms with E-state index in [-0.39, 0.29) is 0 Å². The van der Waals surface area contributed by atoms with E-state index in [1.54, 1.807) is 12.1 Å². The number of hydrogen-bond donors (Lipinski definition) is 2. The van der Waals surface area contributed by atoms with Crippen LogP contribution in [0.25, 0.3) is 11.1 Å². The quantitative estimate of drug-likeness (QED) is 0.180. The zero-order chi connectivity index (χ0) is 30.4. The Balaban J connectivity index is 0.000000616. The molecule has 0 bridgehead atoms. The van der Waals surface area contributed by atoms with Gasteiger partial charge >= 0.3 is 18.1 Å². The Morgan fingerprint density at radius 2 is 1.07 bits per heavy atom. The van der Waals surface area contributed by atoms with E-state index in [0.717, 1.165) is 56.4 Å². The topological polar surface area (TPSA) is 77.8 Å². The molecular formula is C34H34F3NO4. The molecule has 0 saturated carbocycles. The average Bonchev–Trinajstić information content (AvgIpc) is 2.98. The minimum atomic E-state index is -5.08. The van der Waals surface area contributed by atoms with Crippen LogP contribution >= 0.6 is 0 Å². The molecule has 0 atom stereocenters. The highest BCUT2D eigenvalue weighted by Gasteiger charge is 2.38. The number of carbonyl (C=O) groups is 2. The van der Waals surface area contributed by atoms with Crippen molar-refractivity contribution >= 4 is 11.9 Å². The molecule has 0 aliphatic carbocycles. The Hall–Kier alpha value is -4.43. The summed E-state index contributed by atoms with van der Waals surface area (Å²) in [6, 6.07) is 37.1. The van der Waals surface area contributed by atoms with E-state index in [4.69, 9.17) is 9.90 Å². The van der Waals surface area contributed by atoms with Crippen LogP contribution in [0.2, 0.25) is 0 Å². The van der Waals surface area contributed by atoms with Crippen molar-refractivity contribution in [2.45, 2.75) is 38.4 Å². The molecule has 0 aliphatic heterocycles. The highest BCUT2D eigenvalue weighted by molar-refractivity contribution is 5.89. The molecule has 4 aromatic rings. The summed E-state index contributed by atoms with van der Waals surface area (Å²) in [6.07, 6.45) is -0.679. The van der Waals surface area contributed by atoms with Gasteiger partial charge in [0, 0.05) is 6.54 Å². The van der Waals surface area contributed by atoms with Gasteiger partial charge in [-0.15, -0.1) is 0 Å². The number of halogens is 3. The number of alkyl halides is 3. The van der Waals surface area contributed by atoms with Crippen molar-refractivity contribution in [2.75, 3.05) is 13.1 Å². The van der Waals surface area contributed by atoms with Gasteiger partial charge in [0.15, 0.2) is 0 Å². The fourth-order valence-corrected chi connectivity index (χ4v) is 4.51. The minimum absolute atomic E-state index is 0.316. The highest BCUT2D eigenvalue weighted by atomic mass is 19.4. The number of nitrogens with zero attached hydrogens (tertiary/aromatic N) is 1. The fourth-order valence-electron chi connectivity index (χ4n) is 4.51. The lowest BCUT2D eigenvalue weighted by Crippen LogP contribution is -2.26. The largest absolute Gasteiger partial charge is 0.490 e. The molecule has 0 heterocycles. The molecule has 4 rings (SSSR count). The lowest BCUT2D eigenvalue weighted by molar-refractivity contribution is -0.192. The third-order valence-corrected chi connectivity index (χ3v) is 6.58. The fraction of sp³-hybridized carbons (Fsp3) is 0.235. The van der Waals surface area contributed by atoms with Gasteiger partial charge in [0.25, 0.3) is 0 Å².